The maximum Gasteiger partial charge on any atom is 0.329 e. The van der Waals surface area contributed by atoms with Gasteiger partial charge in [0, 0.05) is 33.9 Å². The molecule has 1 N–H and O–H groups in total. The van der Waals surface area contributed by atoms with E-state index in [-0.39, 0.29) is 37.2 Å². The van der Waals surface area contributed by atoms with Gasteiger partial charge in [0.25, 0.3) is 5.92 Å². The molecule has 2 atom stereocenters. The van der Waals surface area contributed by atoms with Crippen LogP contribution >= 0.6 is 0 Å². The minimum atomic E-state index is -3.08. The van der Waals surface area contributed by atoms with E-state index in [2.05, 4.69) is 28.5 Å². The van der Waals surface area contributed by atoms with Crippen molar-refractivity contribution in [3.8, 4) is 11.1 Å². The number of rotatable bonds is 10. The first-order valence-electron chi connectivity index (χ1n) is 13.0. The summed E-state index contributed by atoms with van der Waals surface area (Å²) in [5.41, 5.74) is 9.81. The molecule has 0 spiro atoms. The van der Waals surface area contributed by atoms with E-state index in [0.717, 1.165) is 5.56 Å². The lowest BCUT2D eigenvalue weighted by Crippen LogP contribution is -2.39. The number of benzene rings is 3. The smallest absolute Gasteiger partial charge is 0.329 e. The molecule has 1 saturated heterocycles. The van der Waals surface area contributed by atoms with Gasteiger partial charge in [0.1, 0.15) is 18.3 Å². The Morgan fingerprint density at radius 2 is 1.76 bits per heavy atom. The van der Waals surface area contributed by atoms with Crippen molar-refractivity contribution in [1.29, 1.82) is 0 Å². The minimum Gasteiger partial charge on any atom is -0.459 e. The Morgan fingerprint density at radius 1 is 1.05 bits per heavy atom. The van der Waals surface area contributed by atoms with Crippen LogP contribution in [0.5, 0.6) is 0 Å². The fraction of sp³-hybridized carbons (Fsp3) is 0.258. The van der Waals surface area contributed by atoms with Crippen molar-refractivity contribution in [3.05, 3.63) is 124 Å². The highest BCUT2D eigenvalue weighted by atomic mass is 19.3. The number of carbonyl (C=O) groups is 1. The molecule has 0 unspecified atom stereocenters. The van der Waals surface area contributed by atoms with Crippen molar-refractivity contribution in [2.45, 2.75) is 30.7 Å². The average Bonchev–Trinajstić information content (AvgIpc) is 3.46. The topological polar surface area (TPSA) is 90.3 Å². The first kappa shape index (κ1) is 27.9. The number of likely N-dealkylation sites (tertiary alicyclic amines) is 1. The largest absolute Gasteiger partial charge is 0.459 e. The second-order valence-electron chi connectivity index (χ2n) is 10.3. The molecule has 0 bridgehead atoms. The molecule has 1 aliphatic heterocycles. The number of carbonyl (C=O) groups excluding carboxylic acids is 1. The maximum absolute atomic E-state index is 15.6. The van der Waals surface area contributed by atoms with Crippen LogP contribution in [-0.2, 0) is 22.1 Å². The number of fused-ring (bicyclic) bond motifs is 3. The van der Waals surface area contributed by atoms with Crippen LogP contribution in [-0.4, -0.2) is 42.2 Å². The molecule has 5 rings (SSSR count). The molecule has 41 heavy (non-hydrogen) atoms. The molecule has 0 radical (unpaired) electrons. The van der Waals surface area contributed by atoms with Gasteiger partial charge in [-0.05, 0) is 33.9 Å². The zero-order valence-corrected chi connectivity index (χ0v) is 22.2. The van der Waals surface area contributed by atoms with Gasteiger partial charge in [-0.2, -0.15) is 8.78 Å². The van der Waals surface area contributed by atoms with Crippen LogP contribution in [0.3, 0.4) is 0 Å². The summed E-state index contributed by atoms with van der Waals surface area (Å²) in [5.74, 6) is -3.70. The van der Waals surface area contributed by atoms with Crippen LogP contribution in [0.25, 0.3) is 27.3 Å². The number of nitrogens with zero attached hydrogens (tertiary/aromatic N) is 4. The van der Waals surface area contributed by atoms with Gasteiger partial charge in [0.15, 0.2) is 0 Å². The van der Waals surface area contributed by atoms with Crippen LogP contribution in [0.2, 0.25) is 0 Å². The van der Waals surface area contributed by atoms with E-state index in [1.807, 2.05) is 30.3 Å². The summed E-state index contributed by atoms with van der Waals surface area (Å²) in [7, 11) is 0. The van der Waals surface area contributed by atoms with E-state index in [9.17, 15) is 13.6 Å². The number of ether oxygens (including phenoxy) is 1. The highest BCUT2D eigenvalue weighted by Gasteiger charge is 2.48. The molecule has 1 fully saturated rings. The Balaban J connectivity index is 1.28. The van der Waals surface area contributed by atoms with Crippen molar-refractivity contribution in [3.63, 3.8) is 0 Å². The van der Waals surface area contributed by atoms with Gasteiger partial charge in [0.2, 0.25) is 0 Å². The quantitative estimate of drug-likeness (QED) is 0.129. The predicted molar refractivity (Wildman–Crippen MR) is 150 cm³/mol. The summed E-state index contributed by atoms with van der Waals surface area (Å²) in [6, 6.07) is 19.2. The number of azide groups is 1. The van der Waals surface area contributed by atoms with Crippen molar-refractivity contribution in [1.82, 2.24) is 10.2 Å². The molecule has 210 valence electrons. The zero-order valence-electron chi connectivity index (χ0n) is 22.2. The van der Waals surface area contributed by atoms with Gasteiger partial charge in [0.05, 0.1) is 19.6 Å². The summed E-state index contributed by atoms with van der Waals surface area (Å²) in [6.45, 7) is 7.58. The average molecular weight is 560 g/mol. The fourth-order valence-electron chi connectivity index (χ4n) is 5.36. The van der Waals surface area contributed by atoms with E-state index in [1.165, 1.54) is 17.0 Å². The highest BCUT2D eigenvalue weighted by molar-refractivity contribution is 5.82. The fourth-order valence-corrected chi connectivity index (χ4v) is 5.36. The third-order valence-electron chi connectivity index (χ3n) is 7.48. The molecule has 2 aliphatic rings. The molecule has 3 aromatic rings. The molecular weight excluding hydrogens is 531 g/mol. The van der Waals surface area contributed by atoms with E-state index in [4.69, 9.17) is 10.3 Å². The number of hydrogen-bond acceptors (Lipinski definition) is 5. The van der Waals surface area contributed by atoms with Gasteiger partial charge < -0.3 is 15.0 Å². The Hall–Kier alpha value is -4.69. The van der Waals surface area contributed by atoms with E-state index in [1.54, 1.807) is 30.3 Å². The molecule has 1 aliphatic carbocycles. The van der Waals surface area contributed by atoms with E-state index in [0.29, 0.717) is 28.1 Å². The third kappa shape index (κ3) is 5.51. The lowest BCUT2D eigenvalue weighted by molar-refractivity contribution is -0.149. The van der Waals surface area contributed by atoms with Crippen LogP contribution in [0.1, 0.15) is 28.7 Å². The van der Waals surface area contributed by atoms with E-state index >= 15 is 4.39 Å². The molecule has 0 amide bonds. The lowest BCUT2D eigenvalue weighted by atomic mass is 10.0. The number of nitrogens with one attached hydrogen (secondary N) is 1. The first-order valence-corrected chi connectivity index (χ1v) is 13.0. The normalized spacial score (nSPS) is 20.0. The van der Waals surface area contributed by atoms with Crippen LogP contribution in [0.15, 0.2) is 96.8 Å². The predicted octanol–water partition coefficient (Wildman–Crippen LogP) is 6.72. The summed E-state index contributed by atoms with van der Waals surface area (Å²) >= 11 is 0. The number of esters is 1. The highest BCUT2D eigenvalue weighted by Crippen LogP contribution is 2.51. The monoisotopic (exact) mass is 559 g/mol. The molecule has 1 heterocycles. The first-order chi connectivity index (χ1) is 19.6. The molecule has 10 heteroatoms. The number of halogens is 3. The minimum absolute atomic E-state index is 0.0294. The summed E-state index contributed by atoms with van der Waals surface area (Å²) in [6.07, 6.45) is -0.224. The summed E-state index contributed by atoms with van der Waals surface area (Å²) in [5, 5.41) is 6.51. The van der Waals surface area contributed by atoms with Crippen molar-refractivity contribution in [2.24, 2.45) is 5.11 Å². The van der Waals surface area contributed by atoms with Crippen LogP contribution < -0.4 is 5.32 Å². The summed E-state index contributed by atoms with van der Waals surface area (Å²) in [4.78, 5) is 17.2. The summed E-state index contributed by atoms with van der Waals surface area (Å²) < 4.78 is 51.0. The van der Waals surface area contributed by atoms with Gasteiger partial charge in [-0.15, -0.1) is 0 Å². The standard InChI is InChI=1S/C31H28F3N5O2/c1-20(16-36-21(2)23-12-13-27-25(14-23)24-10-6-7-11-26(24)31(27,33)34)39-19-30(32,18-37-38-35)15-28(39)29(40)41-17-22-8-4-3-5-9-22/h3-14,28,36H,1-2,15-19H2/t28-,30-/m0/s1. The molecule has 7 nitrogen and oxygen atoms in total. The van der Waals surface area contributed by atoms with Crippen LogP contribution in [0.4, 0.5) is 13.2 Å². The Kier molecular flexibility index (Phi) is 7.51. The molecule has 0 saturated carbocycles. The Labute approximate surface area is 235 Å². The van der Waals surface area contributed by atoms with Crippen molar-refractivity contribution < 1.29 is 22.7 Å². The second kappa shape index (κ2) is 11.1. The number of hydrogen-bond donors (Lipinski definition) is 1. The van der Waals surface area contributed by atoms with Crippen LogP contribution in [0, 0.1) is 0 Å². The molecular formula is C31H28F3N5O2. The number of alkyl halides is 3. The van der Waals surface area contributed by atoms with Gasteiger partial charge in [-0.1, -0.05) is 85.0 Å². The lowest BCUT2D eigenvalue weighted by Gasteiger charge is -2.28. The van der Waals surface area contributed by atoms with Gasteiger partial charge in [-0.3, -0.25) is 0 Å². The molecule has 3 aromatic carbocycles. The van der Waals surface area contributed by atoms with Crippen molar-refractivity contribution in [2.75, 3.05) is 19.6 Å². The maximum atomic E-state index is 15.6. The third-order valence-corrected chi connectivity index (χ3v) is 7.48. The zero-order chi connectivity index (χ0) is 29.2. The van der Waals surface area contributed by atoms with Gasteiger partial charge >= 0.3 is 5.97 Å². The van der Waals surface area contributed by atoms with Crippen molar-refractivity contribution >= 4 is 11.7 Å². The SMILES string of the molecule is C=C(NCC(=C)N1C[C@@](F)(CN=[N+]=[N-])C[C@H]1C(=O)OCc1ccccc1)c1ccc2c(c1)-c1ccccc1C2(F)F. The van der Waals surface area contributed by atoms with Gasteiger partial charge in [-0.25, -0.2) is 9.18 Å². The Bertz CT molecular complexity index is 1550. The van der Waals surface area contributed by atoms with E-state index < -0.39 is 30.1 Å². The molecule has 0 aromatic heterocycles. The second-order valence-corrected chi connectivity index (χ2v) is 10.3. The Morgan fingerprint density at radius 3 is 2.51 bits per heavy atom.